The van der Waals surface area contributed by atoms with Gasteiger partial charge in [0, 0.05) is 53.4 Å². The van der Waals surface area contributed by atoms with E-state index in [1.54, 1.807) is 24.5 Å². The summed E-state index contributed by atoms with van der Waals surface area (Å²) in [6.07, 6.45) is 4.47. The van der Waals surface area contributed by atoms with E-state index in [9.17, 15) is 9.59 Å². The van der Waals surface area contributed by atoms with Crippen molar-refractivity contribution in [1.82, 2.24) is 9.47 Å². The van der Waals surface area contributed by atoms with Crippen molar-refractivity contribution >= 4 is 45.4 Å². The van der Waals surface area contributed by atoms with Gasteiger partial charge in [-0.05, 0) is 37.5 Å². The van der Waals surface area contributed by atoms with Gasteiger partial charge >= 0.3 is 11.9 Å². The molecule has 0 aliphatic carbocycles. The number of hydrogen-bond donors (Lipinski definition) is 0. The second-order valence-electron chi connectivity index (χ2n) is 9.14. The molecular formula is C30H31N3O4S. The maximum atomic E-state index is 13.0. The first-order valence-corrected chi connectivity index (χ1v) is 13.7. The maximum Gasteiger partial charge on any atom is 0.341 e. The van der Waals surface area contributed by atoms with Crippen molar-refractivity contribution in [2.45, 2.75) is 39.9 Å². The van der Waals surface area contributed by atoms with Crippen LogP contribution in [0.4, 0.5) is 5.00 Å². The molecule has 0 unspecified atom stereocenters. The molecule has 196 valence electrons. The molecule has 0 N–H and O–H groups in total. The van der Waals surface area contributed by atoms with Crippen LogP contribution in [0.2, 0.25) is 0 Å². The normalized spacial score (nSPS) is 13.6. The van der Waals surface area contributed by atoms with Crippen molar-refractivity contribution in [2.75, 3.05) is 19.8 Å². The molecule has 0 fully saturated rings. The average molecular weight is 530 g/mol. The number of carbonyl (C=O) groups is 2. The summed E-state index contributed by atoms with van der Waals surface area (Å²) >= 11 is 1.56. The van der Waals surface area contributed by atoms with Crippen LogP contribution in [0.3, 0.4) is 0 Å². The van der Waals surface area contributed by atoms with Gasteiger partial charge in [-0.25, -0.2) is 9.79 Å². The van der Waals surface area contributed by atoms with Gasteiger partial charge in [-0.15, -0.1) is 11.3 Å². The molecule has 4 aromatic rings. The van der Waals surface area contributed by atoms with Gasteiger partial charge in [-0.1, -0.05) is 48.5 Å². The molecule has 0 saturated carbocycles. The van der Waals surface area contributed by atoms with Crippen molar-refractivity contribution in [3.8, 4) is 0 Å². The number of hydrogen-bond acceptors (Lipinski definition) is 7. The third kappa shape index (κ3) is 5.56. The molecule has 5 rings (SSSR count). The average Bonchev–Trinajstić information content (AvgIpc) is 3.46. The number of fused-ring (bicyclic) bond motifs is 2. The summed E-state index contributed by atoms with van der Waals surface area (Å²) in [5, 5.41) is 1.64. The number of rotatable bonds is 9. The predicted octanol–water partition coefficient (Wildman–Crippen LogP) is 5.75. The molecule has 0 spiro atoms. The molecule has 0 radical (unpaired) electrons. The molecule has 3 heterocycles. The van der Waals surface area contributed by atoms with Gasteiger partial charge < -0.3 is 14.0 Å². The van der Waals surface area contributed by atoms with Gasteiger partial charge in [0.15, 0.2) is 0 Å². The van der Waals surface area contributed by atoms with Crippen LogP contribution in [0, 0.1) is 0 Å². The summed E-state index contributed by atoms with van der Waals surface area (Å²) in [4.78, 5) is 33.6. The zero-order valence-electron chi connectivity index (χ0n) is 21.7. The van der Waals surface area contributed by atoms with Crippen LogP contribution >= 0.6 is 11.3 Å². The van der Waals surface area contributed by atoms with E-state index in [1.165, 1.54) is 5.56 Å². The molecular weight excluding hydrogens is 498 g/mol. The second-order valence-corrected chi connectivity index (χ2v) is 10.2. The molecule has 8 heteroatoms. The topological polar surface area (TPSA) is 73.1 Å². The van der Waals surface area contributed by atoms with E-state index in [4.69, 9.17) is 14.5 Å². The number of aromatic nitrogens is 1. The first-order chi connectivity index (χ1) is 18.6. The second kappa shape index (κ2) is 11.8. The van der Waals surface area contributed by atoms with E-state index in [1.807, 2.05) is 48.0 Å². The van der Waals surface area contributed by atoms with Crippen LogP contribution in [-0.4, -0.2) is 47.4 Å². The smallest absolute Gasteiger partial charge is 0.341 e. The number of para-hydroxylation sites is 1. The third-order valence-electron chi connectivity index (χ3n) is 6.59. The molecule has 0 atom stereocenters. The number of ether oxygens (including phenoxy) is 2. The summed E-state index contributed by atoms with van der Waals surface area (Å²) in [5.41, 5.74) is 4.70. The van der Waals surface area contributed by atoms with E-state index < -0.39 is 0 Å². The SMILES string of the molecule is CCOC(=O)Cn1cc(C=Nc2sc3c(c2C(=O)OCC)CCN(Cc2ccccc2)C3)c2ccccc21. The van der Waals surface area contributed by atoms with Crippen molar-refractivity contribution < 1.29 is 19.1 Å². The molecule has 38 heavy (non-hydrogen) atoms. The first-order valence-electron chi connectivity index (χ1n) is 12.9. The van der Waals surface area contributed by atoms with Crippen molar-refractivity contribution in [2.24, 2.45) is 4.99 Å². The fraction of sp³-hybridized carbons (Fsp3) is 0.300. The van der Waals surface area contributed by atoms with E-state index in [0.717, 1.165) is 53.0 Å². The molecule has 1 aliphatic rings. The van der Waals surface area contributed by atoms with E-state index >= 15 is 0 Å². The summed E-state index contributed by atoms with van der Waals surface area (Å²) < 4.78 is 12.5. The van der Waals surface area contributed by atoms with E-state index in [0.29, 0.717) is 23.8 Å². The standard InChI is InChI=1S/C30H31N3O4S/c1-3-36-27(34)20-33-18-22(23-12-8-9-13-25(23)33)16-31-29-28(30(35)37-4-2)24-14-15-32(19-26(24)38-29)17-21-10-6-5-7-11-21/h5-13,16,18H,3-4,14-15,17,19-20H2,1-2H3. The van der Waals surface area contributed by atoms with Crippen molar-refractivity contribution in [3.05, 3.63) is 87.9 Å². The molecule has 0 saturated heterocycles. The lowest BCUT2D eigenvalue weighted by Crippen LogP contribution is -2.29. The van der Waals surface area contributed by atoms with Gasteiger partial charge in [0.25, 0.3) is 0 Å². The minimum absolute atomic E-state index is 0.126. The summed E-state index contributed by atoms with van der Waals surface area (Å²) in [6.45, 7) is 6.91. The fourth-order valence-electron chi connectivity index (χ4n) is 4.91. The minimum Gasteiger partial charge on any atom is -0.465 e. The van der Waals surface area contributed by atoms with Gasteiger partial charge in [-0.2, -0.15) is 0 Å². The number of thiophene rings is 1. The Hall–Kier alpha value is -3.75. The molecule has 2 aromatic carbocycles. The minimum atomic E-state index is -0.321. The van der Waals surface area contributed by atoms with E-state index in [2.05, 4.69) is 29.2 Å². The highest BCUT2D eigenvalue weighted by Gasteiger charge is 2.28. The number of esters is 2. The van der Waals surface area contributed by atoms with Crippen LogP contribution in [0.15, 0.2) is 65.8 Å². The zero-order valence-corrected chi connectivity index (χ0v) is 22.5. The first kappa shape index (κ1) is 25.9. The monoisotopic (exact) mass is 529 g/mol. The lowest BCUT2D eigenvalue weighted by atomic mass is 10.0. The van der Waals surface area contributed by atoms with Gasteiger partial charge in [-0.3, -0.25) is 9.69 Å². The Morgan fingerprint density at radius 2 is 1.79 bits per heavy atom. The third-order valence-corrected chi connectivity index (χ3v) is 7.72. The summed E-state index contributed by atoms with van der Waals surface area (Å²) in [5.74, 6) is -0.606. The predicted molar refractivity (Wildman–Crippen MR) is 150 cm³/mol. The van der Waals surface area contributed by atoms with Crippen LogP contribution in [0.1, 0.15) is 45.8 Å². The Morgan fingerprint density at radius 1 is 1.03 bits per heavy atom. The van der Waals surface area contributed by atoms with Gasteiger partial charge in [0.05, 0.1) is 18.8 Å². The van der Waals surface area contributed by atoms with Crippen LogP contribution in [0.25, 0.3) is 10.9 Å². The largest absolute Gasteiger partial charge is 0.465 e. The number of benzene rings is 2. The van der Waals surface area contributed by atoms with Crippen LogP contribution in [-0.2, 0) is 40.3 Å². The van der Waals surface area contributed by atoms with Gasteiger partial charge in [0.2, 0.25) is 0 Å². The Morgan fingerprint density at radius 3 is 2.58 bits per heavy atom. The van der Waals surface area contributed by atoms with Crippen LogP contribution < -0.4 is 0 Å². The molecule has 0 amide bonds. The molecule has 2 aromatic heterocycles. The summed E-state index contributed by atoms with van der Waals surface area (Å²) in [6, 6.07) is 18.3. The molecule has 0 bridgehead atoms. The Labute approximate surface area is 226 Å². The highest BCUT2D eigenvalue weighted by Crippen LogP contribution is 2.40. The lowest BCUT2D eigenvalue weighted by Gasteiger charge is -2.27. The number of aliphatic imine (C=N–C) groups is 1. The highest BCUT2D eigenvalue weighted by molar-refractivity contribution is 7.16. The Balaban J connectivity index is 1.46. The zero-order chi connectivity index (χ0) is 26.5. The van der Waals surface area contributed by atoms with E-state index in [-0.39, 0.29) is 18.5 Å². The summed E-state index contributed by atoms with van der Waals surface area (Å²) in [7, 11) is 0. The highest BCUT2D eigenvalue weighted by atomic mass is 32.1. The maximum absolute atomic E-state index is 13.0. The van der Waals surface area contributed by atoms with Crippen LogP contribution in [0.5, 0.6) is 0 Å². The lowest BCUT2D eigenvalue weighted by molar-refractivity contribution is -0.143. The van der Waals surface area contributed by atoms with Crippen molar-refractivity contribution in [1.29, 1.82) is 0 Å². The van der Waals surface area contributed by atoms with Crippen molar-refractivity contribution in [3.63, 3.8) is 0 Å². The van der Waals surface area contributed by atoms with Gasteiger partial charge in [0.1, 0.15) is 11.5 Å². The fourth-order valence-corrected chi connectivity index (χ4v) is 6.13. The molecule has 1 aliphatic heterocycles. The number of nitrogens with zero attached hydrogens (tertiary/aromatic N) is 3. The molecule has 7 nitrogen and oxygen atoms in total. The Kier molecular flexibility index (Phi) is 8.00. The quantitative estimate of drug-likeness (QED) is 0.204. The number of carbonyl (C=O) groups excluding carboxylic acids is 2. The Bertz CT molecular complexity index is 1470.